The van der Waals surface area contributed by atoms with Gasteiger partial charge in [-0.15, -0.1) is 0 Å². The molecular weight excluding hydrogens is 228 g/mol. The zero-order valence-corrected chi connectivity index (χ0v) is 11.1. The summed E-state index contributed by atoms with van der Waals surface area (Å²) in [5.74, 6) is -0.0917. The Morgan fingerprint density at radius 3 is 2.33 bits per heavy atom. The Balaban J connectivity index is 2.79. The fourth-order valence-electron chi connectivity index (χ4n) is 1.74. The summed E-state index contributed by atoms with van der Waals surface area (Å²) in [4.78, 5) is 11.2. The second kappa shape index (κ2) is 6.36. The monoisotopic (exact) mass is 248 g/mol. The van der Waals surface area contributed by atoms with E-state index in [9.17, 15) is 9.90 Å². The van der Waals surface area contributed by atoms with Crippen LogP contribution in [0.4, 0.5) is 0 Å². The van der Waals surface area contributed by atoms with Gasteiger partial charge >= 0.3 is 5.97 Å². The first-order valence-corrected chi connectivity index (χ1v) is 5.99. The summed E-state index contributed by atoms with van der Waals surface area (Å²) in [6.07, 6.45) is -0.294. The quantitative estimate of drug-likeness (QED) is 0.814. The molecule has 0 fully saturated rings. The molecular formula is C15H20O3. The van der Waals surface area contributed by atoms with Crippen LogP contribution in [-0.4, -0.2) is 24.3 Å². The van der Waals surface area contributed by atoms with Gasteiger partial charge in [0.1, 0.15) is 0 Å². The number of esters is 1. The molecule has 18 heavy (non-hydrogen) atoms. The summed E-state index contributed by atoms with van der Waals surface area (Å²) in [5, 5.41) is 9.68. The van der Waals surface area contributed by atoms with Crippen LogP contribution < -0.4 is 0 Å². The van der Waals surface area contributed by atoms with Crippen molar-refractivity contribution in [3.05, 3.63) is 42.0 Å². The largest absolute Gasteiger partial charge is 0.467 e. The number of benzene rings is 1. The van der Waals surface area contributed by atoms with Gasteiger partial charge in [0.15, 0.2) is 6.10 Å². The Kier molecular flexibility index (Phi) is 5.10. The Hall–Kier alpha value is -1.61. The van der Waals surface area contributed by atoms with E-state index in [0.717, 1.165) is 12.0 Å². The van der Waals surface area contributed by atoms with Crippen LogP contribution in [0.25, 0.3) is 5.57 Å². The third-order valence-electron chi connectivity index (χ3n) is 2.72. The fourth-order valence-corrected chi connectivity index (χ4v) is 1.74. The maximum absolute atomic E-state index is 11.2. The molecule has 0 radical (unpaired) electrons. The van der Waals surface area contributed by atoms with Crippen LogP contribution in [0.5, 0.6) is 0 Å². The van der Waals surface area contributed by atoms with Gasteiger partial charge < -0.3 is 9.84 Å². The van der Waals surface area contributed by atoms with Gasteiger partial charge in [0.25, 0.3) is 0 Å². The summed E-state index contributed by atoms with van der Waals surface area (Å²) >= 11 is 0. The summed E-state index contributed by atoms with van der Waals surface area (Å²) in [6.45, 7) is 8.05. The minimum atomic E-state index is -1.30. The highest BCUT2D eigenvalue weighted by atomic mass is 16.5. The average molecular weight is 248 g/mol. The van der Waals surface area contributed by atoms with Crippen molar-refractivity contribution < 1.29 is 14.6 Å². The second-order valence-corrected chi connectivity index (χ2v) is 4.75. The third-order valence-corrected chi connectivity index (χ3v) is 2.72. The van der Waals surface area contributed by atoms with E-state index in [0.29, 0.717) is 11.5 Å². The van der Waals surface area contributed by atoms with E-state index in [1.165, 1.54) is 12.7 Å². The third kappa shape index (κ3) is 3.70. The van der Waals surface area contributed by atoms with Crippen molar-refractivity contribution in [1.82, 2.24) is 0 Å². The number of aliphatic hydroxyl groups is 1. The lowest BCUT2D eigenvalue weighted by Crippen LogP contribution is -2.22. The van der Waals surface area contributed by atoms with Crippen molar-refractivity contribution in [1.29, 1.82) is 0 Å². The highest BCUT2D eigenvalue weighted by molar-refractivity contribution is 5.90. The smallest absolute Gasteiger partial charge is 0.339 e. The Morgan fingerprint density at radius 1 is 1.33 bits per heavy atom. The first-order valence-electron chi connectivity index (χ1n) is 5.99. The van der Waals surface area contributed by atoms with E-state index < -0.39 is 12.1 Å². The van der Waals surface area contributed by atoms with Crippen LogP contribution >= 0.6 is 0 Å². The molecule has 1 aromatic carbocycles. The second-order valence-electron chi connectivity index (χ2n) is 4.75. The molecule has 0 aliphatic rings. The van der Waals surface area contributed by atoms with Gasteiger partial charge in [-0.2, -0.15) is 0 Å². The van der Waals surface area contributed by atoms with Gasteiger partial charge in [-0.3, -0.25) is 0 Å². The van der Waals surface area contributed by atoms with Crippen molar-refractivity contribution in [2.24, 2.45) is 5.92 Å². The lowest BCUT2D eigenvalue weighted by atomic mass is 9.97. The molecule has 0 aliphatic carbocycles. The highest BCUT2D eigenvalue weighted by Crippen LogP contribution is 2.19. The molecule has 0 saturated carbocycles. The van der Waals surface area contributed by atoms with Crippen molar-refractivity contribution in [3.63, 3.8) is 0 Å². The zero-order chi connectivity index (χ0) is 13.7. The Labute approximate surface area is 108 Å². The number of rotatable bonds is 5. The summed E-state index contributed by atoms with van der Waals surface area (Å²) in [5.41, 5.74) is 2.34. The topological polar surface area (TPSA) is 46.5 Å². The predicted molar refractivity (Wildman–Crippen MR) is 72.0 cm³/mol. The molecule has 1 unspecified atom stereocenters. The van der Waals surface area contributed by atoms with Crippen molar-refractivity contribution in [2.45, 2.75) is 26.4 Å². The van der Waals surface area contributed by atoms with E-state index in [2.05, 4.69) is 25.2 Å². The molecule has 3 heteroatoms. The van der Waals surface area contributed by atoms with Crippen LogP contribution in [0.2, 0.25) is 0 Å². The maximum Gasteiger partial charge on any atom is 0.339 e. The lowest BCUT2D eigenvalue weighted by Gasteiger charge is -2.12. The molecule has 1 atom stereocenters. The molecule has 1 N–H and O–H groups in total. The molecule has 0 aromatic heterocycles. The molecule has 0 aliphatic heterocycles. The summed E-state index contributed by atoms with van der Waals surface area (Å²) in [6, 6.07) is 7.72. The van der Waals surface area contributed by atoms with Crippen LogP contribution in [0.3, 0.4) is 0 Å². The van der Waals surface area contributed by atoms with E-state index >= 15 is 0 Å². The van der Waals surface area contributed by atoms with Crippen molar-refractivity contribution >= 4 is 11.5 Å². The van der Waals surface area contributed by atoms with Crippen LogP contribution in [-0.2, 0) is 16.0 Å². The number of carbonyl (C=O) groups is 1. The molecule has 0 heterocycles. The van der Waals surface area contributed by atoms with E-state index in [1.807, 2.05) is 24.3 Å². The number of hydrogen-bond acceptors (Lipinski definition) is 3. The first-order chi connectivity index (χ1) is 8.45. The fraction of sp³-hybridized carbons (Fsp3) is 0.400. The number of carbonyl (C=O) groups excluding carboxylic acids is 1. The van der Waals surface area contributed by atoms with Gasteiger partial charge in [-0.1, -0.05) is 44.7 Å². The Bertz CT molecular complexity index is 418. The first kappa shape index (κ1) is 14.5. The summed E-state index contributed by atoms with van der Waals surface area (Å²) in [7, 11) is 1.24. The van der Waals surface area contributed by atoms with Gasteiger partial charge in [-0.25, -0.2) is 4.79 Å². The number of hydrogen-bond donors (Lipinski definition) is 1. The van der Waals surface area contributed by atoms with E-state index in [-0.39, 0.29) is 0 Å². The van der Waals surface area contributed by atoms with E-state index in [1.54, 1.807) is 0 Å². The number of aliphatic hydroxyl groups excluding tert-OH is 1. The highest BCUT2D eigenvalue weighted by Gasteiger charge is 2.19. The standard InChI is InChI=1S/C15H20O3/c1-10(2)9-12-5-7-13(8-6-12)11(3)14(16)15(17)18-4/h5-8,10,14,16H,3,9H2,1-2,4H3. The SMILES string of the molecule is C=C(c1ccc(CC(C)C)cc1)C(O)C(=O)OC. The van der Waals surface area contributed by atoms with E-state index in [4.69, 9.17) is 0 Å². The number of ether oxygens (including phenoxy) is 1. The maximum atomic E-state index is 11.2. The summed E-state index contributed by atoms with van der Waals surface area (Å²) < 4.78 is 4.48. The van der Waals surface area contributed by atoms with Crippen LogP contribution in [0.15, 0.2) is 30.8 Å². The zero-order valence-electron chi connectivity index (χ0n) is 11.1. The minimum Gasteiger partial charge on any atom is -0.467 e. The van der Waals surface area contributed by atoms with Crippen LogP contribution in [0, 0.1) is 5.92 Å². The predicted octanol–water partition coefficient (Wildman–Crippen LogP) is 2.43. The van der Waals surface area contributed by atoms with Crippen molar-refractivity contribution in [3.8, 4) is 0 Å². The van der Waals surface area contributed by atoms with Crippen LogP contribution in [0.1, 0.15) is 25.0 Å². The van der Waals surface area contributed by atoms with Gasteiger partial charge in [0, 0.05) is 0 Å². The number of methoxy groups -OCH3 is 1. The molecule has 1 rings (SSSR count). The molecule has 0 spiro atoms. The van der Waals surface area contributed by atoms with Gasteiger partial charge in [0.2, 0.25) is 0 Å². The molecule has 1 aromatic rings. The average Bonchev–Trinajstić information content (AvgIpc) is 2.36. The molecule has 3 nitrogen and oxygen atoms in total. The molecule has 0 bridgehead atoms. The van der Waals surface area contributed by atoms with Gasteiger partial charge in [0.05, 0.1) is 7.11 Å². The minimum absolute atomic E-state index is 0.359. The lowest BCUT2D eigenvalue weighted by molar-refractivity contribution is -0.147. The van der Waals surface area contributed by atoms with Gasteiger partial charge in [-0.05, 0) is 29.0 Å². The molecule has 0 saturated heterocycles. The molecule has 0 amide bonds. The Morgan fingerprint density at radius 2 is 1.89 bits per heavy atom. The normalized spacial score (nSPS) is 12.3. The van der Waals surface area contributed by atoms with Crippen molar-refractivity contribution in [2.75, 3.05) is 7.11 Å². The molecule has 98 valence electrons.